The number of carbonyl (C=O) groups is 3. The van der Waals surface area contributed by atoms with Crippen LogP contribution < -0.4 is 4.74 Å². The number of benzene rings is 2. The number of ketones is 1. The number of para-hydroxylation sites is 1. The Morgan fingerprint density at radius 2 is 1.94 bits per heavy atom. The lowest BCUT2D eigenvalue weighted by atomic mass is 9.95. The number of aliphatic hydroxyl groups excluding tert-OH is 1. The van der Waals surface area contributed by atoms with Crippen molar-refractivity contribution in [2.24, 2.45) is 0 Å². The number of carbonyl (C=O) groups excluding carboxylic acids is 3. The van der Waals surface area contributed by atoms with Crippen LogP contribution >= 0.6 is 0 Å². The number of ether oxygens (including phenoxy) is 2. The molecule has 32 heavy (non-hydrogen) atoms. The fourth-order valence-corrected chi connectivity index (χ4v) is 3.97. The summed E-state index contributed by atoms with van der Waals surface area (Å²) in [6.45, 7) is 1.64. The molecule has 2 heterocycles. The zero-order valence-corrected chi connectivity index (χ0v) is 17.6. The van der Waals surface area contributed by atoms with E-state index in [1.807, 2.05) is 24.3 Å². The van der Waals surface area contributed by atoms with Crippen LogP contribution in [0.15, 0.2) is 60.3 Å². The number of aliphatic hydroxyl groups is 1. The van der Waals surface area contributed by atoms with Gasteiger partial charge in [-0.2, -0.15) is 0 Å². The topological polar surface area (TPSA) is 109 Å². The molecule has 2 aromatic carbocycles. The molecule has 164 valence electrons. The minimum Gasteiger partial charge on any atom is -0.507 e. The molecule has 3 aromatic rings. The predicted molar refractivity (Wildman–Crippen MR) is 117 cm³/mol. The van der Waals surface area contributed by atoms with Gasteiger partial charge in [-0.05, 0) is 23.8 Å². The molecule has 0 aliphatic carbocycles. The van der Waals surface area contributed by atoms with E-state index in [2.05, 4.69) is 4.98 Å². The quantitative estimate of drug-likeness (QED) is 0.203. The summed E-state index contributed by atoms with van der Waals surface area (Å²) in [5.41, 5.74) is 1.71. The fraction of sp³-hybridized carbons (Fsp3) is 0.208. The zero-order valence-electron chi connectivity index (χ0n) is 17.6. The first kappa shape index (κ1) is 21.3. The maximum Gasteiger partial charge on any atom is 0.308 e. The van der Waals surface area contributed by atoms with Crippen LogP contribution in [0.4, 0.5) is 0 Å². The van der Waals surface area contributed by atoms with Crippen LogP contribution in [0.2, 0.25) is 0 Å². The SMILES string of the molecule is COCCN1C(=O)C(=O)/C(=C(\O)c2c[nH]c3ccccc23)C1c1cccc(OC(C)=O)c1. The second-order valence-corrected chi connectivity index (χ2v) is 7.40. The number of esters is 1. The highest BCUT2D eigenvalue weighted by Gasteiger charge is 2.46. The Kier molecular flexibility index (Phi) is 5.79. The number of nitrogens with one attached hydrogen (secondary N) is 1. The Bertz CT molecular complexity index is 1240. The number of hydrogen-bond acceptors (Lipinski definition) is 6. The second kappa shape index (κ2) is 8.68. The van der Waals surface area contributed by atoms with E-state index < -0.39 is 23.7 Å². The number of likely N-dealkylation sites (tertiary alicyclic amines) is 1. The maximum absolute atomic E-state index is 13.1. The predicted octanol–water partition coefficient (Wildman–Crippen LogP) is 3.16. The molecular weight excluding hydrogens is 412 g/mol. The van der Waals surface area contributed by atoms with Gasteiger partial charge in [-0.3, -0.25) is 14.4 Å². The van der Waals surface area contributed by atoms with Gasteiger partial charge in [0.15, 0.2) is 0 Å². The second-order valence-electron chi connectivity index (χ2n) is 7.40. The summed E-state index contributed by atoms with van der Waals surface area (Å²) in [6, 6.07) is 13.0. The Balaban J connectivity index is 1.89. The van der Waals surface area contributed by atoms with Gasteiger partial charge in [-0.25, -0.2) is 0 Å². The van der Waals surface area contributed by atoms with Crippen LogP contribution in [0.25, 0.3) is 16.7 Å². The van der Waals surface area contributed by atoms with E-state index in [4.69, 9.17) is 9.47 Å². The van der Waals surface area contributed by atoms with E-state index in [9.17, 15) is 19.5 Å². The smallest absolute Gasteiger partial charge is 0.308 e. The molecule has 8 heteroatoms. The van der Waals surface area contributed by atoms with Crippen LogP contribution in [-0.2, 0) is 19.1 Å². The van der Waals surface area contributed by atoms with E-state index in [1.165, 1.54) is 18.9 Å². The number of fused-ring (bicyclic) bond motifs is 1. The highest BCUT2D eigenvalue weighted by atomic mass is 16.5. The summed E-state index contributed by atoms with van der Waals surface area (Å²) in [7, 11) is 1.50. The van der Waals surface area contributed by atoms with Crippen LogP contribution in [-0.4, -0.2) is 52.9 Å². The lowest BCUT2D eigenvalue weighted by molar-refractivity contribution is -0.140. The first-order valence-electron chi connectivity index (χ1n) is 10.0. The van der Waals surface area contributed by atoms with Gasteiger partial charge in [-0.15, -0.1) is 0 Å². The monoisotopic (exact) mass is 434 g/mol. The van der Waals surface area contributed by atoms with Gasteiger partial charge in [0.05, 0.1) is 18.2 Å². The Hall–Kier alpha value is -3.91. The summed E-state index contributed by atoms with van der Waals surface area (Å²) < 4.78 is 10.3. The normalized spacial score (nSPS) is 17.8. The van der Waals surface area contributed by atoms with Crippen molar-refractivity contribution in [1.82, 2.24) is 9.88 Å². The Morgan fingerprint density at radius 1 is 1.16 bits per heavy atom. The first-order chi connectivity index (χ1) is 15.4. The van der Waals surface area contributed by atoms with Crippen molar-refractivity contribution in [3.8, 4) is 5.75 Å². The van der Waals surface area contributed by atoms with E-state index in [0.29, 0.717) is 11.1 Å². The highest BCUT2D eigenvalue weighted by molar-refractivity contribution is 6.46. The average molecular weight is 434 g/mol. The van der Waals surface area contributed by atoms with Gasteiger partial charge in [0.1, 0.15) is 11.5 Å². The molecule has 0 bridgehead atoms. The molecule has 0 saturated carbocycles. The zero-order chi connectivity index (χ0) is 22.8. The van der Waals surface area contributed by atoms with Gasteiger partial charge in [0, 0.05) is 43.2 Å². The van der Waals surface area contributed by atoms with E-state index in [0.717, 1.165) is 10.9 Å². The molecule has 1 aromatic heterocycles. The van der Waals surface area contributed by atoms with Crippen molar-refractivity contribution in [1.29, 1.82) is 0 Å². The van der Waals surface area contributed by atoms with Crippen molar-refractivity contribution >= 4 is 34.3 Å². The van der Waals surface area contributed by atoms with Gasteiger partial charge in [0.2, 0.25) is 0 Å². The number of rotatable bonds is 6. The van der Waals surface area contributed by atoms with Crippen LogP contribution in [0, 0.1) is 0 Å². The number of H-pyrrole nitrogens is 1. The number of Topliss-reactive ketones (excluding diaryl/α,β-unsaturated/α-hetero) is 1. The molecule has 1 atom stereocenters. The third-order valence-electron chi connectivity index (χ3n) is 5.36. The molecule has 1 saturated heterocycles. The van der Waals surface area contributed by atoms with Crippen molar-refractivity contribution in [2.75, 3.05) is 20.3 Å². The number of nitrogens with zero attached hydrogens (tertiary/aromatic N) is 1. The molecule has 1 amide bonds. The molecule has 0 radical (unpaired) electrons. The standard InChI is InChI=1S/C24H22N2O6/c1-14(27)32-16-7-5-6-15(12-16)21-20(23(29)24(30)26(21)10-11-31-2)22(28)18-13-25-19-9-4-3-8-17(18)19/h3-9,12-13,21,25,28H,10-11H2,1-2H3/b22-20-. The van der Waals surface area contributed by atoms with Gasteiger partial charge < -0.3 is 24.5 Å². The molecule has 1 aliphatic heterocycles. The number of aromatic amines is 1. The molecular formula is C24H22N2O6. The number of methoxy groups -OCH3 is 1. The minimum atomic E-state index is -0.866. The molecule has 0 spiro atoms. The molecule has 1 fully saturated rings. The Morgan fingerprint density at radius 3 is 2.69 bits per heavy atom. The van der Waals surface area contributed by atoms with Crippen molar-refractivity contribution in [3.05, 3.63) is 71.4 Å². The van der Waals surface area contributed by atoms with Crippen molar-refractivity contribution < 1.29 is 29.0 Å². The van der Waals surface area contributed by atoms with E-state index >= 15 is 0 Å². The van der Waals surface area contributed by atoms with Crippen LogP contribution in [0.3, 0.4) is 0 Å². The van der Waals surface area contributed by atoms with Crippen LogP contribution in [0.1, 0.15) is 24.1 Å². The third kappa shape index (κ3) is 3.76. The lowest BCUT2D eigenvalue weighted by Crippen LogP contribution is -2.32. The number of hydrogen-bond donors (Lipinski definition) is 2. The fourth-order valence-electron chi connectivity index (χ4n) is 3.97. The molecule has 4 rings (SSSR count). The van der Waals surface area contributed by atoms with Gasteiger partial charge in [0.25, 0.3) is 11.7 Å². The number of aromatic nitrogens is 1. The summed E-state index contributed by atoms with van der Waals surface area (Å²) in [4.78, 5) is 41.8. The molecule has 2 N–H and O–H groups in total. The first-order valence-corrected chi connectivity index (χ1v) is 10.0. The molecule has 8 nitrogen and oxygen atoms in total. The van der Waals surface area contributed by atoms with Crippen molar-refractivity contribution in [3.63, 3.8) is 0 Å². The van der Waals surface area contributed by atoms with Gasteiger partial charge in [-0.1, -0.05) is 30.3 Å². The third-order valence-corrected chi connectivity index (χ3v) is 5.36. The Labute approximate surface area is 184 Å². The summed E-state index contributed by atoms with van der Waals surface area (Å²) in [5.74, 6) is -2.00. The summed E-state index contributed by atoms with van der Waals surface area (Å²) in [5, 5.41) is 12.0. The summed E-state index contributed by atoms with van der Waals surface area (Å²) in [6.07, 6.45) is 1.61. The number of amides is 1. The van der Waals surface area contributed by atoms with Crippen molar-refractivity contribution in [2.45, 2.75) is 13.0 Å². The van der Waals surface area contributed by atoms with Crippen LogP contribution in [0.5, 0.6) is 5.75 Å². The van der Waals surface area contributed by atoms with E-state index in [1.54, 1.807) is 30.5 Å². The minimum absolute atomic E-state index is 0.0316. The highest BCUT2D eigenvalue weighted by Crippen LogP contribution is 2.41. The van der Waals surface area contributed by atoms with Gasteiger partial charge >= 0.3 is 5.97 Å². The maximum atomic E-state index is 13.1. The molecule has 1 aliphatic rings. The molecule has 1 unspecified atom stereocenters. The lowest BCUT2D eigenvalue weighted by Gasteiger charge is -2.25. The van der Waals surface area contributed by atoms with E-state index in [-0.39, 0.29) is 30.2 Å². The largest absolute Gasteiger partial charge is 0.507 e. The summed E-state index contributed by atoms with van der Waals surface area (Å²) >= 11 is 0. The average Bonchev–Trinajstić information content (AvgIpc) is 3.31.